The van der Waals surface area contributed by atoms with E-state index in [0.717, 1.165) is 21.9 Å². The van der Waals surface area contributed by atoms with E-state index in [2.05, 4.69) is 16.8 Å². The van der Waals surface area contributed by atoms with Crippen molar-refractivity contribution in [2.75, 3.05) is 38.6 Å². The fourth-order valence-corrected chi connectivity index (χ4v) is 5.49. The van der Waals surface area contributed by atoms with E-state index in [0.29, 0.717) is 31.9 Å². The molecule has 0 aliphatic carbocycles. The quantitative estimate of drug-likeness (QED) is 0.652. The van der Waals surface area contributed by atoms with E-state index in [9.17, 15) is 13.2 Å². The summed E-state index contributed by atoms with van der Waals surface area (Å²) in [5.41, 5.74) is 2.74. The van der Waals surface area contributed by atoms with E-state index in [1.165, 1.54) is 4.31 Å². The zero-order valence-electron chi connectivity index (χ0n) is 15.8. The van der Waals surface area contributed by atoms with Crippen molar-refractivity contribution in [1.29, 1.82) is 0 Å². The Balaban J connectivity index is 1.50. The van der Waals surface area contributed by atoms with E-state index < -0.39 is 10.0 Å². The molecular weight excluding hydrogens is 408 g/mol. The Kier molecular flexibility index (Phi) is 5.96. The van der Waals surface area contributed by atoms with E-state index in [1.807, 2.05) is 35.7 Å². The molecule has 2 heterocycles. The summed E-state index contributed by atoms with van der Waals surface area (Å²) in [7, 11) is -3.40. The number of ether oxygens (including phenoxy) is 1. The molecule has 152 valence electrons. The van der Waals surface area contributed by atoms with E-state index >= 15 is 0 Å². The predicted molar refractivity (Wildman–Crippen MR) is 116 cm³/mol. The molecule has 8 heteroatoms. The Labute approximate surface area is 174 Å². The second kappa shape index (κ2) is 8.62. The summed E-state index contributed by atoms with van der Waals surface area (Å²) in [6.07, 6.45) is 0. The van der Waals surface area contributed by atoms with Gasteiger partial charge in [0.2, 0.25) is 10.0 Å². The highest BCUT2D eigenvalue weighted by atomic mass is 32.2. The average molecular weight is 431 g/mol. The van der Waals surface area contributed by atoms with Crippen LogP contribution in [-0.2, 0) is 14.8 Å². The molecule has 1 aliphatic heterocycles. The van der Waals surface area contributed by atoms with Crippen LogP contribution >= 0.6 is 11.3 Å². The van der Waals surface area contributed by atoms with Crippen LogP contribution in [-0.4, -0.2) is 57.2 Å². The van der Waals surface area contributed by atoms with Crippen molar-refractivity contribution in [3.63, 3.8) is 0 Å². The number of sulfonamides is 1. The number of benzene rings is 2. The Morgan fingerprint density at radius 3 is 2.55 bits per heavy atom. The van der Waals surface area contributed by atoms with Crippen LogP contribution in [0.15, 0.2) is 53.2 Å². The van der Waals surface area contributed by atoms with Crippen LogP contribution in [0.2, 0.25) is 0 Å². The molecule has 1 amide bonds. The van der Waals surface area contributed by atoms with Crippen LogP contribution in [0.25, 0.3) is 21.9 Å². The summed E-state index contributed by atoms with van der Waals surface area (Å²) >= 11 is 1.63. The summed E-state index contributed by atoms with van der Waals surface area (Å²) in [5, 5.41) is 8.73. The van der Waals surface area contributed by atoms with Gasteiger partial charge >= 0.3 is 0 Å². The van der Waals surface area contributed by atoms with Gasteiger partial charge < -0.3 is 10.1 Å². The summed E-state index contributed by atoms with van der Waals surface area (Å²) in [6.45, 7) is 1.62. The van der Waals surface area contributed by atoms with Gasteiger partial charge in [-0.15, -0.1) is 0 Å². The van der Waals surface area contributed by atoms with Crippen LogP contribution in [0.1, 0.15) is 10.4 Å². The van der Waals surface area contributed by atoms with Gasteiger partial charge in [-0.2, -0.15) is 15.6 Å². The largest absolute Gasteiger partial charge is 0.379 e. The molecule has 0 radical (unpaired) electrons. The number of carbonyl (C=O) groups excluding carboxylic acids is 1. The first-order valence-corrected chi connectivity index (χ1v) is 12.0. The lowest BCUT2D eigenvalue weighted by molar-refractivity contribution is 0.0730. The second-order valence-corrected chi connectivity index (χ2v) is 9.67. The highest BCUT2D eigenvalue weighted by molar-refractivity contribution is 7.89. The molecule has 1 fully saturated rings. The molecule has 0 saturated carbocycles. The number of hydrogen-bond acceptors (Lipinski definition) is 5. The maximum absolute atomic E-state index is 12.8. The molecule has 0 atom stereocenters. The maximum Gasteiger partial charge on any atom is 0.251 e. The lowest BCUT2D eigenvalue weighted by Crippen LogP contribution is -2.43. The highest BCUT2D eigenvalue weighted by Crippen LogP contribution is 2.32. The van der Waals surface area contributed by atoms with Gasteiger partial charge in [-0.1, -0.05) is 30.3 Å². The summed E-state index contributed by atoms with van der Waals surface area (Å²) < 4.78 is 31.4. The summed E-state index contributed by atoms with van der Waals surface area (Å²) in [6, 6.07) is 13.6. The van der Waals surface area contributed by atoms with Crippen LogP contribution in [0, 0.1) is 0 Å². The van der Waals surface area contributed by atoms with Gasteiger partial charge in [0, 0.05) is 25.2 Å². The lowest BCUT2D eigenvalue weighted by atomic mass is 9.96. The monoisotopic (exact) mass is 430 g/mol. The van der Waals surface area contributed by atoms with Crippen LogP contribution in [0.5, 0.6) is 0 Å². The highest BCUT2D eigenvalue weighted by Gasteiger charge is 2.24. The molecule has 1 aromatic heterocycles. The molecule has 0 unspecified atom stereocenters. The van der Waals surface area contributed by atoms with Gasteiger partial charge in [-0.25, -0.2) is 8.42 Å². The molecule has 0 bridgehead atoms. The zero-order chi connectivity index (χ0) is 20.3. The Morgan fingerprint density at radius 1 is 1.07 bits per heavy atom. The molecule has 1 aliphatic rings. The van der Waals surface area contributed by atoms with Crippen LogP contribution < -0.4 is 5.32 Å². The number of carbonyl (C=O) groups is 1. The number of rotatable bonds is 6. The van der Waals surface area contributed by atoms with Crippen molar-refractivity contribution < 1.29 is 17.9 Å². The minimum Gasteiger partial charge on any atom is -0.379 e. The second-order valence-electron chi connectivity index (χ2n) is 6.80. The summed E-state index contributed by atoms with van der Waals surface area (Å²) in [4.78, 5) is 12.8. The van der Waals surface area contributed by atoms with Crippen LogP contribution in [0.4, 0.5) is 0 Å². The van der Waals surface area contributed by atoms with Crippen molar-refractivity contribution in [1.82, 2.24) is 9.62 Å². The third kappa shape index (κ3) is 4.35. The third-order valence-electron chi connectivity index (χ3n) is 5.01. The van der Waals surface area contributed by atoms with Gasteiger partial charge in [0.1, 0.15) is 0 Å². The number of morpholine rings is 1. The number of thiophene rings is 1. The number of amides is 1. The first-order chi connectivity index (χ1) is 14.1. The van der Waals surface area contributed by atoms with Gasteiger partial charge in [0.05, 0.1) is 19.0 Å². The molecular formula is C21H22N2O4S2. The van der Waals surface area contributed by atoms with Crippen molar-refractivity contribution in [3.8, 4) is 11.1 Å². The topological polar surface area (TPSA) is 75.7 Å². The molecule has 1 saturated heterocycles. The molecule has 3 aromatic rings. The fourth-order valence-electron chi connectivity index (χ4n) is 3.51. The number of nitrogens with one attached hydrogen (secondary N) is 1. The van der Waals surface area contributed by atoms with Crippen molar-refractivity contribution >= 4 is 38.0 Å². The van der Waals surface area contributed by atoms with Crippen molar-refractivity contribution in [2.45, 2.75) is 0 Å². The minimum atomic E-state index is -3.40. The number of fused-ring (bicyclic) bond motifs is 1. The van der Waals surface area contributed by atoms with Crippen molar-refractivity contribution in [3.05, 3.63) is 58.8 Å². The van der Waals surface area contributed by atoms with E-state index in [-0.39, 0.29) is 18.2 Å². The molecule has 0 spiro atoms. The van der Waals surface area contributed by atoms with Crippen LogP contribution in [0.3, 0.4) is 0 Å². The molecule has 6 nitrogen and oxygen atoms in total. The number of nitrogens with zero attached hydrogens (tertiary/aromatic N) is 1. The fraction of sp³-hybridized carbons (Fsp3) is 0.286. The Morgan fingerprint density at radius 2 is 1.83 bits per heavy atom. The third-order valence-corrected chi connectivity index (χ3v) is 7.57. The first-order valence-electron chi connectivity index (χ1n) is 9.44. The minimum absolute atomic E-state index is 0.0686. The first kappa shape index (κ1) is 20.0. The SMILES string of the molecule is O=C(NCCS(=O)(=O)N1CCOCC1)c1ccc(-c2ccsc2)c2ccccc12. The molecule has 29 heavy (non-hydrogen) atoms. The molecule has 2 aromatic carbocycles. The maximum atomic E-state index is 12.8. The van der Waals surface area contributed by atoms with Gasteiger partial charge in [-0.3, -0.25) is 4.79 Å². The van der Waals surface area contributed by atoms with Crippen molar-refractivity contribution in [2.24, 2.45) is 0 Å². The summed E-state index contributed by atoms with van der Waals surface area (Å²) in [5.74, 6) is -0.390. The normalized spacial score (nSPS) is 15.4. The van der Waals surface area contributed by atoms with E-state index in [4.69, 9.17) is 4.74 Å². The molecule has 4 rings (SSSR count). The lowest BCUT2D eigenvalue weighted by Gasteiger charge is -2.26. The van der Waals surface area contributed by atoms with Gasteiger partial charge in [0.15, 0.2) is 0 Å². The average Bonchev–Trinajstić information content (AvgIpc) is 3.28. The Hall–Kier alpha value is -2.26. The van der Waals surface area contributed by atoms with E-state index in [1.54, 1.807) is 17.4 Å². The number of hydrogen-bond donors (Lipinski definition) is 1. The zero-order valence-corrected chi connectivity index (χ0v) is 17.5. The van der Waals surface area contributed by atoms with Gasteiger partial charge in [-0.05, 0) is 44.8 Å². The smallest absolute Gasteiger partial charge is 0.251 e. The Bertz CT molecular complexity index is 1100. The standard InChI is InChI=1S/C21H22N2O4S2/c24-21(22-8-14-29(25,26)23-9-11-27-12-10-23)20-6-5-17(16-7-13-28-15-16)18-3-1-2-4-19(18)20/h1-7,13,15H,8-12,14H2,(H,22,24). The molecule has 1 N–H and O–H groups in total. The van der Waals surface area contributed by atoms with Gasteiger partial charge in [0.25, 0.3) is 5.91 Å². The predicted octanol–water partition coefficient (Wildman–Crippen LogP) is 2.96.